The van der Waals surface area contributed by atoms with E-state index in [-0.39, 0.29) is 17.8 Å². The molecule has 6 heteroatoms. The van der Waals surface area contributed by atoms with Gasteiger partial charge in [-0.3, -0.25) is 14.9 Å². The lowest BCUT2D eigenvalue weighted by molar-refractivity contribution is 0.0732. The summed E-state index contributed by atoms with van der Waals surface area (Å²) < 4.78 is 14.0. The zero-order chi connectivity index (χ0) is 18.8. The van der Waals surface area contributed by atoms with Crippen molar-refractivity contribution in [2.45, 2.75) is 32.2 Å². The third-order valence-corrected chi connectivity index (χ3v) is 5.07. The summed E-state index contributed by atoms with van der Waals surface area (Å²) in [4.78, 5) is 19.5. The van der Waals surface area contributed by atoms with E-state index in [0.717, 1.165) is 29.9 Å². The molecular formula is C21H21FN4O. The van der Waals surface area contributed by atoms with Crippen LogP contribution in [0.3, 0.4) is 0 Å². The van der Waals surface area contributed by atoms with Crippen molar-refractivity contribution < 1.29 is 9.18 Å². The van der Waals surface area contributed by atoms with E-state index in [1.54, 1.807) is 18.3 Å². The maximum atomic E-state index is 14.0. The molecule has 27 heavy (non-hydrogen) atoms. The fraction of sp³-hybridized carbons (Fsp3) is 0.286. The fourth-order valence-corrected chi connectivity index (χ4v) is 3.66. The molecule has 1 amide bonds. The van der Waals surface area contributed by atoms with Gasteiger partial charge in [0.2, 0.25) is 0 Å². The molecule has 0 aliphatic carbocycles. The van der Waals surface area contributed by atoms with Crippen molar-refractivity contribution in [3.05, 3.63) is 82.7 Å². The second kappa shape index (κ2) is 7.31. The third kappa shape index (κ3) is 3.47. The van der Waals surface area contributed by atoms with Crippen molar-refractivity contribution in [1.82, 2.24) is 20.1 Å². The summed E-state index contributed by atoms with van der Waals surface area (Å²) in [5.41, 5.74) is 3.65. The number of hydrogen-bond acceptors (Lipinski definition) is 3. The van der Waals surface area contributed by atoms with Crippen LogP contribution in [0.1, 0.15) is 51.9 Å². The van der Waals surface area contributed by atoms with Crippen molar-refractivity contribution in [1.29, 1.82) is 0 Å². The molecule has 0 spiro atoms. The van der Waals surface area contributed by atoms with Gasteiger partial charge in [-0.2, -0.15) is 5.10 Å². The molecule has 1 unspecified atom stereocenters. The van der Waals surface area contributed by atoms with Crippen molar-refractivity contribution in [3.63, 3.8) is 0 Å². The van der Waals surface area contributed by atoms with E-state index >= 15 is 0 Å². The normalized spacial score (nSPS) is 16.7. The number of nitrogens with zero attached hydrogens (tertiary/aromatic N) is 3. The Kier molecular flexibility index (Phi) is 4.71. The number of aromatic nitrogens is 3. The van der Waals surface area contributed by atoms with Crippen molar-refractivity contribution in [2.24, 2.45) is 0 Å². The van der Waals surface area contributed by atoms with Crippen LogP contribution in [0.25, 0.3) is 0 Å². The quantitative estimate of drug-likeness (QED) is 0.765. The van der Waals surface area contributed by atoms with Gasteiger partial charge in [-0.1, -0.05) is 24.3 Å². The van der Waals surface area contributed by atoms with Crippen LogP contribution < -0.4 is 0 Å². The molecule has 5 nitrogen and oxygen atoms in total. The lowest BCUT2D eigenvalue weighted by Gasteiger charge is -2.24. The number of aryl methyl sites for hydroxylation is 1. The molecule has 3 heterocycles. The molecule has 1 N–H and O–H groups in total. The van der Waals surface area contributed by atoms with Gasteiger partial charge >= 0.3 is 0 Å². The van der Waals surface area contributed by atoms with Crippen molar-refractivity contribution in [2.75, 3.05) is 6.54 Å². The molecule has 2 aromatic heterocycles. The van der Waals surface area contributed by atoms with E-state index in [1.165, 1.54) is 6.07 Å². The Labute approximate surface area is 157 Å². The highest BCUT2D eigenvalue weighted by molar-refractivity contribution is 5.95. The SMILES string of the molecule is Cc1[nH]ncc1C(=O)N1CCCC1c1cccc(Cc2ccccc2F)n1. The van der Waals surface area contributed by atoms with E-state index in [1.807, 2.05) is 36.1 Å². The Hall–Kier alpha value is -3.02. The summed E-state index contributed by atoms with van der Waals surface area (Å²) >= 11 is 0. The summed E-state index contributed by atoms with van der Waals surface area (Å²) in [5.74, 6) is -0.247. The number of hydrogen-bond donors (Lipinski definition) is 1. The Bertz CT molecular complexity index is 968. The number of amides is 1. The Morgan fingerprint density at radius 1 is 1.26 bits per heavy atom. The average Bonchev–Trinajstić information content (AvgIpc) is 3.32. The van der Waals surface area contributed by atoms with Gasteiger partial charge in [-0.25, -0.2) is 4.39 Å². The van der Waals surface area contributed by atoms with Gasteiger partial charge in [0.25, 0.3) is 5.91 Å². The van der Waals surface area contributed by atoms with Gasteiger partial charge in [-0.05, 0) is 43.5 Å². The molecule has 3 aromatic rings. The topological polar surface area (TPSA) is 61.9 Å². The number of carbonyl (C=O) groups excluding carboxylic acids is 1. The van der Waals surface area contributed by atoms with E-state index in [4.69, 9.17) is 4.98 Å². The first-order valence-electron chi connectivity index (χ1n) is 9.13. The van der Waals surface area contributed by atoms with Crippen LogP contribution in [0, 0.1) is 12.7 Å². The van der Waals surface area contributed by atoms with Crippen LogP contribution >= 0.6 is 0 Å². The minimum atomic E-state index is -0.224. The number of halogens is 1. The number of rotatable bonds is 4. The number of carbonyl (C=O) groups is 1. The first kappa shape index (κ1) is 17.4. The van der Waals surface area contributed by atoms with Gasteiger partial charge in [0.05, 0.1) is 23.5 Å². The summed E-state index contributed by atoms with van der Waals surface area (Å²) in [6.45, 7) is 2.55. The van der Waals surface area contributed by atoms with Crippen LogP contribution in [-0.4, -0.2) is 32.5 Å². The smallest absolute Gasteiger partial charge is 0.257 e. The number of H-pyrrole nitrogens is 1. The first-order chi connectivity index (χ1) is 13.1. The Morgan fingerprint density at radius 2 is 2.11 bits per heavy atom. The maximum absolute atomic E-state index is 14.0. The number of likely N-dealkylation sites (tertiary alicyclic amines) is 1. The van der Waals surface area contributed by atoms with Gasteiger partial charge in [-0.15, -0.1) is 0 Å². The molecular weight excluding hydrogens is 343 g/mol. The number of pyridine rings is 1. The maximum Gasteiger partial charge on any atom is 0.257 e. The molecule has 138 valence electrons. The highest BCUT2D eigenvalue weighted by Crippen LogP contribution is 2.32. The van der Waals surface area contributed by atoms with E-state index in [0.29, 0.717) is 24.1 Å². The molecule has 1 aromatic carbocycles. The van der Waals surface area contributed by atoms with E-state index in [2.05, 4.69) is 10.2 Å². The molecule has 0 saturated carbocycles. The van der Waals surface area contributed by atoms with Crippen LogP contribution in [0.2, 0.25) is 0 Å². The Balaban J connectivity index is 1.58. The minimum Gasteiger partial charge on any atom is -0.330 e. The molecule has 0 bridgehead atoms. The predicted molar refractivity (Wildman–Crippen MR) is 99.8 cm³/mol. The highest BCUT2D eigenvalue weighted by Gasteiger charge is 2.32. The number of benzene rings is 1. The van der Waals surface area contributed by atoms with Crippen LogP contribution in [-0.2, 0) is 6.42 Å². The van der Waals surface area contributed by atoms with Gasteiger partial charge < -0.3 is 4.90 Å². The van der Waals surface area contributed by atoms with Gasteiger partial charge in [0.1, 0.15) is 5.82 Å². The monoisotopic (exact) mass is 364 g/mol. The van der Waals surface area contributed by atoms with E-state index in [9.17, 15) is 9.18 Å². The lowest BCUT2D eigenvalue weighted by atomic mass is 10.1. The lowest BCUT2D eigenvalue weighted by Crippen LogP contribution is -2.31. The standard InChI is InChI=1S/C21H21FN4O/c1-14-17(13-23-25-14)21(27)26-11-5-10-20(26)19-9-4-7-16(24-19)12-15-6-2-3-8-18(15)22/h2-4,6-9,13,20H,5,10-12H2,1H3,(H,23,25). The predicted octanol–water partition coefficient (Wildman–Crippen LogP) is 3.82. The molecule has 1 aliphatic rings. The summed E-state index contributed by atoms with van der Waals surface area (Å²) in [6, 6.07) is 12.5. The number of aromatic amines is 1. The summed E-state index contributed by atoms with van der Waals surface area (Å²) in [7, 11) is 0. The molecule has 4 rings (SSSR count). The van der Waals surface area contributed by atoms with E-state index < -0.39 is 0 Å². The second-order valence-corrected chi connectivity index (χ2v) is 6.89. The van der Waals surface area contributed by atoms with Gasteiger partial charge in [0.15, 0.2) is 0 Å². The molecule has 1 atom stereocenters. The van der Waals surface area contributed by atoms with Crippen LogP contribution in [0.15, 0.2) is 48.7 Å². The number of nitrogens with one attached hydrogen (secondary N) is 1. The van der Waals surface area contributed by atoms with Gasteiger partial charge in [0, 0.05) is 24.4 Å². The van der Waals surface area contributed by atoms with Crippen molar-refractivity contribution >= 4 is 5.91 Å². The molecule has 1 aliphatic heterocycles. The second-order valence-electron chi connectivity index (χ2n) is 6.89. The first-order valence-corrected chi connectivity index (χ1v) is 9.13. The minimum absolute atomic E-state index is 0.0231. The average molecular weight is 364 g/mol. The Morgan fingerprint density at radius 3 is 2.89 bits per heavy atom. The fourth-order valence-electron chi connectivity index (χ4n) is 3.66. The largest absolute Gasteiger partial charge is 0.330 e. The molecule has 1 saturated heterocycles. The van der Waals surface area contributed by atoms with Crippen LogP contribution in [0.4, 0.5) is 4.39 Å². The molecule has 1 fully saturated rings. The third-order valence-electron chi connectivity index (χ3n) is 5.07. The highest BCUT2D eigenvalue weighted by atomic mass is 19.1. The zero-order valence-corrected chi connectivity index (χ0v) is 15.2. The molecule has 0 radical (unpaired) electrons. The summed E-state index contributed by atoms with van der Waals surface area (Å²) in [6.07, 6.45) is 3.82. The van der Waals surface area contributed by atoms with Crippen LogP contribution in [0.5, 0.6) is 0 Å². The van der Waals surface area contributed by atoms with Crippen molar-refractivity contribution in [3.8, 4) is 0 Å². The zero-order valence-electron chi connectivity index (χ0n) is 15.2. The summed E-state index contributed by atoms with van der Waals surface area (Å²) in [5, 5.41) is 6.78.